The number of aromatic nitrogens is 2. The van der Waals surface area contributed by atoms with Crippen LogP contribution in [0.3, 0.4) is 0 Å². The van der Waals surface area contributed by atoms with Crippen LogP contribution in [0.15, 0.2) is 48.8 Å². The molecule has 0 radical (unpaired) electrons. The third-order valence-electron chi connectivity index (χ3n) is 4.31. The first-order chi connectivity index (χ1) is 13.6. The Bertz CT molecular complexity index is 909. The first kappa shape index (κ1) is 19.8. The van der Waals surface area contributed by atoms with Crippen LogP contribution in [-0.2, 0) is 24.1 Å². The van der Waals surface area contributed by atoms with Gasteiger partial charge in [-0.25, -0.2) is 9.97 Å². The zero-order valence-corrected chi connectivity index (χ0v) is 16.7. The summed E-state index contributed by atoms with van der Waals surface area (Å²) in [6.07, 6.45) is 7.79. The van der Waals surface area contributed by atoms with Crippen LogP contribution in [-0.4, -0.2) is 23.0 Å². The first-order valence-electron chi connectivity index (χ1n) is 9.21. The molecule has 6 nitrogen and oxygen atoms in total. The summed E-state index contributed by atoms with van der Waals surface area (Å²) in [6, 6.07) is 11.4. The molecule has 0 spiro atoms. The molecule has 0 aliphatic rings. The molecule has 0 saturated carbocycles. The number of nitrogen functional groups attached to an aromatic ring is 1. The average molecular weight is 397 g/mol. The van der Waals surface area contributed by atoms with Crippen molar-refractivity contribution in [2.45, 2.75) is 32.1 Å². The predicted molar refractivity (Wildman–Crippen MR) is 113 cm³/mol. The van der Waals surface area contributed by atoms with E-state index in [0.29, 0.717) is 5.82 Å². The van der Waals surface area contributed by atoms with Crippen LogP contribution in [0.5, 0.6) is 5.75 Å². The van der Waals surface area contributed by atoms with Gasteiger partial charge >= 0.3 is 0 Å². The molecule has 3 aromatic rings. The number of para-hydroxylation sites is 1. The Kier molecular flexibility index (Phi) is 6.97. The molecule has 7 heteroatoms. The van der Waals surface area contributed by atoms with E-state index in [-0.39, 0.29) is 12.3 Å². The smallest absolute Gasteiger partial charge is 0.229 e. The van der Waals surface area contributed by atoms with Crippen molar-refractivity contribution in [3.63, 3.8) is 0 Å². The molecule has 0 unspecified atom stereocenters. The van der Waals surface area contributed by atoms with Crippen LogP contribution in [0.1, 0.15) is 29.0 Å². The van der Waals surface area contributed by atoms with Gasteiger partial charge in [0.2, 0.25) is 5.91 Å². The Hall–Kier alpha value is -2.93. The van der Waals surface area contributed by atoms with Crippen molar-refractivity contribution in [1.29, 1.82) is 0 Å². The van der Waals surface area contributed by atoms with Gasteiger partial charge in [0.25, 0.3) is 0 Å². The number of pyridine rings is 1. The van der Waals surface area contributed by atoms with Crippen LogP contribution >= 0.6 is 11.3 Å². The SMILES string of the molecule is COc1ccccc1CC(=O)Nc1cnc(CCCCc2ccc(N)nc2)s1. The highest BCUT2D eigenvalue weighted by Gasteiger charge is 2.10. The van der Waals surface area contributed by atoms with Gasteiger partial charge < -0.3 is 15.8 Å². The zero-order valence-electron chi connectivity index (χ0n) is 15.9. The minimum Gasteiger partial charge on any atom is -0.496 e. The van der Waals surface area contributed by atoms with Gasteiger partial charge in [0, 0.05) is 11.8 Å². The summed E-state index contributed by atoms with van der Waals surface area (Å²) in [7, 11) is 1.61. The van der Waals surface area contributed by atoms with E-state index in [1.54, 1.807) is 13.3 Å². The highest BCUT2D eigenvalue weighted by atomic mass is 32.1. The predicted octanol–water partition coefficient (Wildman–Crippen LogP) is 3.88. The van der Waals surface area contributed by atoms with E-state index in [1.165, 1.54) is 16.9 Å². The third-order valence-corrected chi connectivity index (χ3v) is 5.29. The number of nitrogens with zero attached hydrogens (tertiary/aromatic N) is 2. The molecule has 0 aliphatic heterocycles. The topological polar surface area (TPSA) is 90.1 Å². The number of hydrogen-bond donors (Lipinski definition) is 2. The maximum atomic E-state index is 12.3. The summed E-state index contributed by atoms with van der Waals surface area (Å²) in [6.45, 7) is 0. The normalized spacial score (nSPS) is 10.6. The Balaban J connectivity index is 1.43. The second-order valence-electron chi connectivity index (χ2n) is 6.45. The fourth-order valence-corrected chi connectivity index (χ4v) is 3.75. The lowest BCUT2D eigenvalue weighted by molar-refractivity contribution is -0.115. The lowest BCUT2D eigenvalue weighted by Crippen LogP contribution is -2.14. The van der Waals surface area contributed by atoms with Crippen molar-refractivity contribution in [2.75, 3.05) is 18.2 Å². The zero-order chi connectivity index (χ0) is 19.8. The maximum Gasteiger partial charge on any atom is 0.229 e. The lowest BCUT2D eigenvalue weighted by atomic mass is 10.1. The summed E-state index contributed by atoms with van der Waals surface area (Å²) in [4.78, 5) is 20.8. The number of rotatable bonds is 9. The Morgan fingerprint density at radius 3 is 2.71 bits per heavy atom. The van der Waals surface area contributed by atoms with Crippen molar-refractivity contribution in [2.24, 2.45) is 0 Å². The Morgan fingerprint density at radius 1 is 1.11 bits per heavy atom. The quantitative estimate of drug-likeness (QED) is 0.536. The first-order valence-corrected chi connectivity index (χ1v) is 10.0. The standard InChI is InChI=1S/C21H24N4O2S/c1-27-17-8-4-3-7-16(17)12-19(26)25-21-14-24-20(28-21)9-5-2-6-15-10-11-18(22)23-13-15/h3-4,7-8,10-11,13-14H,2,5-6,9,12H2,1H3,(H2,22,23)(H,25,26). The van der Waals surface area contributed by atoms with Gasteiger partial charge in [-0.05, 0) is 43.4 Å². The van der Waals surface area contributed by atoms with E-state index in [4.69, 9.17) is 10.5 Å². The molecule has 28 heavy (non-hydrogen) atoms. The van der Waals surface area contributed by atoms with E-state index in [0.717, 1.165) is 47.0 Å². The van der Waals surface area contributed by atoms with Crippen LogP contribution in [0.25, 0.3) is 0 Å². The van der Waals surface area contributed by atoms with Gasteiger partial charge in [0.05, 0.1) is 24.7 Å². The van der Waals surface area contributed by atoms with Gasteiger partial charge in [0.15, 0.2) is 0 Å². The van der Waals surface area contributed by atoms with Crippen LogP contribution in [0.2, 0.25) is 0 Å². The van der Waals surface area contributed by atoms with Crippen LogP contribution < -0.4 is 15.8 Å². The number of thiazole rings is 1. The lowest BCUT2D eigenvalue weighted by Gasteiger charge is -2.07. The number of hydrogen-bond acceptors (Lipinski definition) is 6. The number of methoxy groups -OCH3 is 1. The number of carbonyl (C=O) groups is 1. The number of benzene rings is 1. The fraction of sp³-hybridized carbons (Fsp3) is 0.286. The van der Waals surface area contributed by atoms with Gasteiger partial charge in [-0.1, -0.05) is 24.3 Å². The number of nitrogens with one attached hydrogen (secondary N) is 1. The molecule has 0 saturated heterocycles. The molecule has 3 rings (SSSR count). The van der Waals surface area contributed by atoms with Gasteiger partial charge in [-0.2, -0.15) is 0 Å². The van der Waals surface area contributed by atoms with Crippen molar-refractivity contribution in [3.05, 3.63) is 64.9 Å². The molecule has 146 valence electrons. The van der Waals surface area contributed by atoms with E-state index in [2.05, 4.69) is 15.3 Å². The minimum absolute atomic E-state index is 0.0736. The molecule has 2 aromatic heterocycles. The summed E-state index contributed by atoms with van der Waals surface area (Å²) in [5.74, 6) is 1.20. The molecule has 1 amide bonds. The second kappa shape index (κ2) is 9.85. The van der Waals surface area contributed by atoms with E-state index < -0.39 is 0 Å². The van der Waals surface area contributed by atoms with E-state index in [9.17, 15) is 4.79 Å². The number of unbranched alkanes of at least 4 members (excludes halogenated alkanes) is 1. The van der Waals surface area contributed by atoms with Gasteiger partial charge in [0.1, 0.15) is 16.6 Å². The molecular weight excluding hydrogens is 372 g/mol. The van der Waals surface area contributed by atoms with E-state index >= 15 is 0 Å². The molecule has 2 heterocycles. The number of aryl methyl sites for hydroxylation is 2. The monoisotopic (exact) mass is 396 g/mol. The Morgan fingerprint density at radius 2 is 1.93 bits per heavy atom. The van der Waals surface area contributed by atoms with Crippen molar-refractivity contribution < 1.29 is 9.53 Å². The summed E-state index contributed by atoms with van der Waals surface area (Å²) < 4.78 is 5.29. The summed E-state index contributed by atoms with van der Waals surface area (Å²) in [5, 5.41) is 4.73. The number of ether oxygens (including phenoxy) is 1. The van der Waals surface area contributed by atoms with Crippen molar-refractivity contribution in [3.8, 4) is 5.75 Å². The molecule has 0 atom stereocenters. The largest absolute Gasteiger partial charge is 0.496 e. The molecule has 1 aromatic carbocycles. The van der Waals surface area contributed by atoms with E-state index in [1.807, 2.05) is 42.6 Å². The highest BCUT2D eigenvalue weighted by Crippen LogP contribution is 2.22. The van der Waals surface area contributed by atoms with Gasteiger partial charge in [-0.15, -0.1) is 11.3 Å². The molecule has 0 fully saturated rings. The number of amides is 1. The third kappa shape index (κ3) is 5.79. The summed E-state index contributed by atoms with van der Waals surface area (Å²) in [5.41, 5.74) is 7.66. The minimum atomic E-state index is -0.0736. The Labute approximate surface area is 168 Å². The summed E-state index contributed by atoms with van der Waals surface area (Å²) >= 11 is 1.53. The number of carbonyl (C=O) groups excluding carboxylic acids is 1. The van der Waals surface area contributed by atoms with Crippen LogP contribution in [0.4, 0.5) is 10.8 Å². The molecule has 0 aliphatic carbocycles. The van der Waals surface area contributed by atoms with Crippen molar-refractivity contribution >= 4 is 28.1 Å². The molecule has 3 N–H and O–H groups in total. The van der Waals surface area contributed by atoms with Crippen LogP contribution in [0, 0.1) is 0 Å². The maximum absolute atomic E-state index is 12.3. The molecular formula is C21H24N4O2S. The van der Waals surface area contributed by atoms with Gasteiger partial charge in [-0.3, -0.25) is 4.79 Å². The molecule has 0 bridgehead atoms. The average Bonchev–Trinajstić information content (AvgIpc) is 3.14. The number of nitrogens with two attached hydrogens (primary N) is 1. The second-order valence-corrected chi connectivity index (χ2v) is 7.57. The highest BCUT2D eigenvalue weighted by molar-refractivity contribution is 7.15. The van der Waals surface area contributed by atoms with Crippen molar-refractivity contribution in [1.82, 2.24) is 9.97 Å². The fourth-order valence-electron chi connectivity index (χ4n) is 2.88. The number of anilines is 2.